The molecule has 1 atom stereocenters. The zero-order valence-corrected chi connectivity index (χ0v) is 17.7. The Kier molecular flexibility index (Phi) is 7.19. The second kappa shape index (κ2) is 10.0. The fraction of sp³-hybridized carbons (Fsp3) is 0.318. The minimum absolute atomic E-state index is 0.0272. The third-order valence-electron chi connectivity index (χ3n) is 4.46. The number of carbonyl (C=O) groups is 1. The summed E-state index contributed by atoms with van der Waals surface area (Å²) in [6.07, 6.45) is 1.88. The molecule has 1 aromatic heterocycles. The summed E-state index contributed by atoms with van der Waals surface area (Å²) in [6.45, 7) is 4.05. The average molecular weight is 412 g/mol. The molecule has 29 heavy (non-hydrogen) atoms. The highest BCUT2D eigenvalue weighted by atomic mass is 32.1. The van der Waals surface area contributed by atoms with Crippen LogP contribution < -0.4 is 14.8 Å². The second-order valence-electron chi connectivity index (χ2n) is 6.80. The average Bonchev–Trinajstić information content (AvgIpc) is 3.16. The molecule has 0 saturated carbocycles. The molecule has 7 heteroatoms. The number of benzene rings is 2. The number of nitrogens with zero attached hydrogens (tertiary/aromatic N) is 2. The molecule has 3 aromatic rings. The third-order valence-corrected chi connectivity index (χ3v) is 5.09. The van der Waals surface area contributed by atoms with Gasteiger partial charge in [-0.2, -0.15) is 9.36 Å². The van der Waals surface area contributed by atoms with Crippen molar-refractivity contribution < 1.29 is 14.3 Å². The normalized spacial score (nSPS) is 11.7. The molecule has 0 spiro atoms. The van der Waals surface area contributed by atoms with Crippen molar-refractivity contribution in [2.75, 3.05) is 7.11 Å². The summed E-state index contributed by atoms with van der Waals surface area (Å²) in [5.41, 5.74) is 2.02. The summed E-state index contributed by atoms with van der Waals surface area (Å²) in [5.74, 6) is 2.21. The topological polar surface area (TPSA) is 73.3 Å². The fourth-order valence-electron chi connectivity index (χ4n) is 2.71. The summed E-state index contributed by atoms with van der Waals surface area (Å²) < 4.78 is 15.4. The molecule has 1 heterocycles. The predicted octanol–water partition coefficient (Wildman–Crippen LogP) is 4.39. The lowest BCUT2D eigenvalue weighted by molar-refractivity contribution is -0.121. The van der Waals surface area contributed by atoms with Crippen LogP contribution in [0.1, 0.15) is 37.2 Å². The first kappa shape index (κ1) is 20.8. The zero-order valence-electron chi connectivity index (χ0n) is 16.8. The van der Waals surface area contributed by atoms with E-state index in [1.54, 1.807) is 7.11 Å². The van der Waals surface area contributed by atoms with E-state index in [4.69, 9.17) is 9.47 Å². The Morgan fingerprint density at radius 3 is 2.66 bits per heavy atom. The third kappa shape index (κ3) is 6.29. The van der Waals surface area contributed by atoms with Gasteiger partial charge >= 0.3 is 0 Å². The Morgan fingerprint density at radius 1 is 1.14 bits per heavy atom. The van der Waals surface area contributed by atoms with Crippen molar-refractivity contribution in [3.05, 3.63) is 65.5 Å². The molecule has 0 radical (unpaired) electrons. The zero-order chi connectivity index (χ0) is 20.6. The fourth-order valence-corrected chi connectivity index (χ4v) is 3.27. The highest BCUT2D eigenvalue weighted by molar-refractivity contribution is 7.07. The van der Waals surface area contributed by atoms with Gasteiger partial charge < -0.3 is 14.8 Å². The number of carbonyl (C=O) groups excluding carboxylic acids is 1. The standard InChI is InChI=1S/C22H25N3O3S/c1-4-15(2)23-21(26)14-16-8-10-18(11-9-16)28-22-24-20(25-29-22)13-17-6-5-7-19(12-17)27-3/h5-12,15H,4,13-14H2,1-3H3,(H,23,26)/t15-/m0/s1. The predicted molar refractivity (Wildman–Crippen MR) is 114 cm³/mol. The van der Waals surface area contributed by atoms with Crippen molar-refractivity contribution in [1.29, 1.82) is 0 Å². The molecule has 0 aliphatic carbocycles. The van der Waals surface area contributed by atoms with Gasteiger partial charge in [0.25, 0.3) is 5.19 Å². The Bertz CT molecular complexity index is 940. The minimum atomic E-state index is 0.0272. The van der Waals surface area contributed by atoms with Crippen LogP contribution in [0, 0.1) is 0 Å². The first-order valence-electron chi connectivity index (χ1n) is 9.57. The van der Waals surface area contributed by atoms with Gasteiger partial charge in [0.05, 0.1) is 13.5 Å². The lowest BCUT2D eigenvalue weighted by Crippen LogP contribution is -2.33. The van der Waals surface area contributed by atoms with Gasteiger partial charge in [0.15, 0.2) is 5.82 Å². The highest BCUT2D eigenvalue weighted by Gasteiger charge is 2.10. The van der Waals surface area contributed by atoms with Gasteiger partial charge in [0.2, 0.25) is 5.91 Å². The van der Waals surface area contributed by atoms with Gasteiger partial charge in [0, 0.05) is 24.0 Å². The number of nitrogens with one attached hydrogen (secondary N) is 1. The summed E-state index contributed by atoms with van der Waals surface area (Å²) in [4.78, 5) is 16.4. The number of rotatable bonds is 9. The van der Waals surface area contributed by atoms with E-state index in [0.717, 1.165) is 23.3 Å². The highest BCUT2D eigenvalue weighted by Crippen LogP contribution is 2.25. The van der Waals surface area contributed by atoms with Crippen LogP contribution in [0.3, 0.4) is 0 Å². The molecule has 0 aliphatic heterocycles. The van der Waals surface area contributed by atoms with Gasteiger partial charge in [-0.1, -0.05) is 31.2 Å². The summed E-state index contributed by atoms with van der Waals surface area (Å²) in [6, 6.07) is 15.5. The first-order valence-corrected chi connectivity index (χ1v) is 10.3. The minimum Gasteiger partial charge on any atom is -0.497 e. The molecule has 152 valence electrons. The van der Waals surface area contributed by atoms with Gasteiger partial charge in [-0.15, -0.1) is 0 Å². The van der Waals surface area contributed by atoms with E-state index in [-0.39, 0.29) is 11.9 Å². The van der Waals surface area contributed by atoms with Gasteiger partial charge in [0.1, 0.15) is 11.5 Å². The number of ether oxygens (including phenoxy) is 2. The van der Waals surface area contributed by atoms with Crippen LogP contribution in [0.4, 0.5) is 0 Å². The Labute approximate surface area is 175 Å². The van der Waals surface area contributed by atoms with Gasteiger partial charge in [-0.3, -0.25) is 4.79 Å². The largest absolute Gasteiger partial charge is 0.497 e. The molecule has 0 bridgehead atoms. The van der Waals surface area contributed by atoms with Crippen molar-refractivity contribution in [1.82, 2.24) is 14.7 Å². The smallest absolute Gasteiger partial charge is 0.298 e. The summed E-state index contributed by atoms with van der Waals surface area (Å²) >= 11 is 1.22. The van der Waals surface area contributed by atoms with Gasteiger partial charge in [-0.05, 0) is 48.7 Å². The van der Waals surface area contributed by atoms with Crippen LogP contribution in [0.15, 0.2) is 48.5 Å². The lowest BCUT2D eigenvalue weighted by atomic mass is 10.1. The van der Waals surface area contributed by atoms with Crippen LogP contribution in [-0.2, 0) is 17.6 Å². The van der Waals surface area contributed by atoms with Gasteiger partial charge in [-0.25, -0.2) is 0 Å². The molecule has 0 saturated heterocycles. The van der Waals surface area contributed by atoms with E-state index in [2.05, 4.69) is 14.7 Å². The maximum Gasteiger partial charge on any atom is 0.298 e. The summed E-state index contributed by atoms with van der Waals surface area (Å²) in [7, 11) is 1.65. The molecule has 1 N–H and O–H groups in total. The first-order chi connectivity index (χ1) is 14.1. The van der Waals surface area contributed by atoms with Crippen molar-refractivity contribution >= 4 is 17.4 Å². The molecule has 0 unspecified atom stereocenters. The van der Waals surface area contributed by atoms with Crippen molar-refractivity contribution in [3.8, 4) is 16.7 Å². The Morgan fingerprint density at radius 2 is 1.93 bits per heavy atom. The molecule has 2 aromatic carbocycles. The number of amides is 1. The maximum absolute atomic E-state index is 12.0. The number of hydrogen-bond acceptors (Lipinski definition) is 6. The Balaban J connectivity index is 1.56. The molecule has 3 rings (SSSR count). The molecule has 0 fully saturated rings. The van der Waals surface area contributed by atoms with Crippen LogP contribution in [0.5, 0.6) is 16.7 Å². The second-order valence-corrected chi connectivity index (χ2v) is 7.52. The van der Waals surface area contributed by atoms with E-state index in [1.807, 2.05) is 62.4 Å². The van der Waals surface area contributed by atoms with E-state index in [0.29, 0.717) is 29.6 Å². The number of methoxy groups -OCH3 is 1. The van der Waals surface area contributed by atoms with E-state index < -0.39 is 0 Å². The van der Waals surface area contributed by atoms with E-state index >= 15 is 0 Å². The lowest BCUT2D eigenvalue weighted by Gasteiger charge is -2.11. The van der Waals surface area contributed by atoms with Crippen LogP contribution in [0.25, 0.3) is 0 Å². The molecule has 1 amide bonds. The quantitative estimate of drug-likeness (QED) is 0.565. The van der Waals surface area contributed by atoms with E-state index in [1.165, 1.54) is 11.5 Å². The summed E-state index contributed by atoms with van der Waals surface area (Å²) in [5, 5.41) is 3.46. The van der Waals surface area contributed by atoms with E-state index in [9.17, 15) is 4.79 Å². The van der Waals surface area contributed by atoms with Crippen LogP contribution >= 0.6 is 11.5 Å². The number of hydrogen-bond donors (Lipinski definition) is 1. The van der Waals surface area contributed by atoms with Crippen molar-refractivity contribution in [2.24, 2.45) is 0 Å². The molecular weight excluding hydrogens is 386 g/mol. The monoisotopic (exact) mass is 411 g/mol. The molecule has 6 nitrogen and oxygen atoms in total. The molecular formula is C22H25N3O3S. The van der Waals surface area contributed by atoms with Crippen molar-refractivity contribution in [3.63, 3.8) is 0 Å². The Hall–Kier alpha value is -2.93. The number of aromatic nitrogens is 2. The molecule has 0 aliphatic rings. The van der Waals surface area contributed by atoms with Crippen LogP contribution in [0.2, 0.25) is 0 Å². The van der Waals surface area contributed by atoms with Crippen molar-refractivity contribution in [2.45, 2.75) is 39.2 Å². The SMILES string of the molecule is CC[C@H](C)NC(=O)Cc1ccc(Oc2nc(Cc3cccc(OC)c3)ns2)cc1. The van der Waals surface area contributed by atoms with Crippen LogP contribution in [-0.4, -0.2) is 28.4 Å². The maximum atomic E-state index is 12.0.